The van der Waals surface area contributed by atoms with Crippen LogP contribution in [0.1, 0.15) is 12.5 Å². The second-order valence-corrected chi connectivity index (χ2v) is 5.80. The van der Waals surface area contributed by atoms with Gasteiger partial charge < -0.3 is 4.57 Å². The highest BCUT2D eigenvalue weighted by Crippen LogP contribution is 2.21. The highest BCUT2D eigenvalue weighted by molar-refractivity contribution is 7.07. The standard InChI is InChI=1S/C18H18N2S/c1-3-20-17(15-11-9-14(2)10-12-15)13-21-18(20)19-16-7-5-4-6-8-16/h4-13H,3H2,1-2H3. The first kappa shape index (κ1) is 13.8. The molecule has 0 amide bonds. The molecule has 0 spiro atoms. The normalized spacial score (nSPS) is 11.8. The Labute approximate surface area is 129 Å². The van der Waals surface area contributed by atoms with Crippen LogP contribution in [0.2, 0.25) is 0 Å². The molecule has 0 aliphatic rings. The van der Waals surface area contributed by atoms with E-state index in [1.54, 1.807) is 11.3 Å². The highest BCUT2D eigenvalue weighted by atomic mass is 32.1. The number of aryl methyl sites for hydroxylation is 1. The van der Waals surface area contributed by atoms with Gasteiger partial charge in [0.1, 0.15) is 0 Å². The molecule has 1 heterocycles. The van der Waals surface area contributed by atoms with E-state index in [-0.39, 0.29) is 0 Å². The molecule has 2 nitrogen and oxygen atoms in total. The number of nitrogens with zero attached hydrogens (tertiary/aromatic N) is 2. The molecule has 2 aromatic carbocycles. The van der Waals surface area contributed by atoms with E-state index in [1.165, 1.54) is 16.8 Å². The summed E-state index contributed by atoms with van der Waals surface area (Å²) in [5, 5.41) is 2.19. The first-order valence-corrected chi connectivity index (χ1v) is 8.01. The van der Waals surface area contributed by atoms with Crippen LogP contribution < -0.4 is 4.80 Å². The summed E-state index contributed by atoms with van der Waals surface area (Å²) in [5.41, 5.74) is 4.76. The molecule has 0 unspecified atom stereocenters. The van der Waals surface area contributed by atoms with Gasteiger partial charge >= 0.3 is 0 Å². The third-order valence-corrected chi connectivity index (χ3v) is 4.31. The van der Waals surface area contributed by atoms with Crippen molar-refractivity contribution in [1.82, 2.24) is 4.57 Å². The monoisotopic (exact) mass is 294 g/mol. The van der Waals surface area contributed by atoms with Crippen LogP contribution in [0.5, 0.6) is 0 Å². The van der Waals surface area contributed by atoms with Gasteiger partial charge in [-0.05, 0) is 31.5 Å². The lowest BCUT2D eigenvalue weighted by molar-refractivity contribution is 0.745. The van der Waals surface area contributed by atoms with Gasteiger partial charge in [-0.3, -0.25) is 0 Å². The van der Waals surface area contributed by atoms with Crippen molar-refractivity contribution in [3.63, 3.8) is 0 Å². The van der Waals surface area contributed by atoms with Gasteiger partial charge in [0.15, 0.2) is 4.80 Å². The molecule has 0 N–H and O–H groups in total. The molecule has 0 atom stereocenters. The van der Waals surface area contributed by atoms with E-state index in [4.69, 9.17) is 4.99 Å². The summed E-state index contributed by atoms with van der Waals surface area (Å²) >= 11 is 1.69. The highest BCUT2D eigenvalue weighted by Gasteiger charge is 2.06. The fraction of sp³-hybridized carbons (Fsp3) is 0.167. The van der Waals surface area contributed by atoms with Crippen LogP contribution in [0, 0.1) is 6.92 Å². The van der Waals surface area contributed by atoms with Crippen molar-refractivity contribution >= 4 is 17.0 Å². The summed E-state index contributed by atoms with van der Waals surface area (Å²) in [6.07, 6.45) is 0. The zero-order valence-electron chi connectivity index (χ0n) is 12.3. The summed E-state index contributed by atoms with van der Waals surface area (Å²) in [4.78, 5) is 5.80. The van der Waals surface area contributed by atoms with E-state index in [1.807, 2.05) is 30.3 Å². The van der Waals surface area contributed by atoms with Gasteiger partial charge in [0.25, 0.3) is 0 Å². The van der Waals surface area contributed by atoms with Crippen molar-refractivity contribution in [3.05, 3.63) is 70.3 Å². The Morgan fingerprint density at radius 3 is 2.38 bits per heavy atom. The Balaban J connectivity index is 2.09. The molecular weight excluding hydrogens is 276 g/mol. The lowest BCUT2D eigenvalue weighted by Gasteiger charge is -2.06. The van der Waals surface area contributed by atoms with Gasteiger partial charge in [0, 0.05) is 11.9 Å². The first-order chi connectivity index (χ1) is 10.3. The van der Waals surface area contributed by atoms with Gasteiger partial charge in [-0.25, -0.2) is 4.99 Å². The fourth-order valence-electron chi connectivity index (χ4n) is 2.29. The van der Waals surface area contributed by atoms with Crippen molar-refractivity contribution in [2.24, 2.45) is 4.99 Å². The smallest absolute Gasteiger partial charge is 0.190 e. The van der Waals surface area contributed by atoms with E-state index in [9.17, 15) is 0 Å². The predicted molar refractivity (Wildman–Crippen MR) is 89.8 cm³/mol. The van der Waals surface area contributed by atoms with Crippen LogP contribution in [-0.2, 0) is 6.54 Å². The molecular formula is C18H18N2S. The van der Waals surface area contributed by atoms with Crippen LogP contribution in [0.4, 0.5) is 5.69 Å². The average molecular weight is 294 g/mol. The fourth-order valence-corrected chi connectivity index (χ4v) is 3.29. The van der Waals surface area contributed by atoms with Crippen molar-refractivity contribution in [2.45, 2.75) is 20.4 Å². The maximum atomic E-state index is 4.76. The van der Waals surface area contributed by atoms with Gasteiger partial charge in [-0.15, -0.1) is 11.3 Å². The van der Waals surface area contributed by atoms with Gasteiger partial charge in [-0.2, -0.15) is 0 Å². The number of aromatic nitrogens is 1. The van der Waals surface area contributed by atoms with Crippen molar-refractivity contribution in [2.75, 3.05) is 0 Å². The molecule has 0 bridgehead atoms. The zero-order chi connectivity index (χ0) is 14.7. The third kappa shape index (κ3) is 2.98. The molecule has 3 rings (SSSR count). The molecule has 21 heavy (non-hydrogen) atoms. The second kappa shape index (κ2) is 6.10. The third-order valence-electron chi connectivity index (χ3n) is 3.44. The van der Waals surface area contributed by atoms with E-state index in [0.717, 1.165) is 17.0 Å². The second-order valence-electron chi connectivity index (χ2n) is 4.96. The minimum absolute atomic E-state index is 0.915. The predicted octanol–water partition coefficient (Wildman–Crippen LogP) is 4.78. The Hall–Kier alpha value is -2.13. The van der Waals surface area contributed by atoms with Crippen LogP contribution >= 0.6 is 11.3 Å². The van der Waals surface area contributed by atoms with Crippen LogP contribution in [-0.4, -0.2) is 4.57 Å². The minimum atomic E-state index is 0.915. The Morgan fingerprint density at radius 1 is 1.00 bits per heavy atom. The molecule has 0 fully saturated rings. The molecule has 0 aliphatic carbocycles. The summed E-state index contributed by atoms with van der Waals surface area (Å²) in [7, 11) is 0. The molecule has 106 valence electrons. The van der Waals surface area contributed by atoms with Crippen molar-refractivity contribution in [3.8, 4) is 11.3 Å². The maximum absolute atomic E-state index is 4.76. The number of benzene rings is 2. The molecule has 0 radical (unpaired) electrons. The summed E-state index contributed by atoms with van der Waals surface area (Å²) in [6.45, 7) is 5.19. The average Bonchev–Trinajstić information content (AvgIpc) is 2.92. The SMILES string of the molecule is CCn1c(-c2ccc(C)cc2)csc1=Nc1ccccc1. The van der Waals surface area contributed by atoms with E-state index < -0.39 is 0 Å². The molecule has 0 saturated carbocycles. The van der Waals surface area contributed by atoms with E-state index in [0.29, 0.717) is 0 Å². The number of para-hydroxylation sites is 1. The molecule has 3 aromatic rings. The van der Waals surface area contributed by atoms with Gasteiger partial charge in [0.05, 0.1) is 11.4 Å². The lowest BCUT2D eigenvalue weighted by atomic mass is 10.1. The summed E-state index contributed by atoms with van der Waals surface area (Å²) in [6, 6.07) is 18.8. The van der Waals surface area contributed by atoms with Crippen LogP contribution in [0.25, 0.3) is 11.3 Å². The van der Waals surface area contributed by atoms with Crippen LogP contribution in [0.15, 0.2) is 65.0 Å². The minimum Gasteiger partial charge on any atom is -0.317 e. The molecule has 3 heteroatoms. The van der Waals surface area contributed by atoms with Crippen molar-refractivity contribution in [1.29, 1.82) is 0 Å². The number of hydrogen-bond donors (Lipinski definition) is 0. The van der Waals surface area contributed by atoms with E-state index >= 15 is 0 Å². The van der Waals surface area contributed by atoms with Gasteiger partial charge in [0.2, 0.25) is 0 Å². The maximum Gasteiger partial charge on any atom is 0.190 e. The lowest BCUT2D eigenvalue weighted by Crippen LogP contribution is -2.14. The molecule has 1 aromatic heterocycles. The number of thiazole rings is 1. The Bertz CT molecular complexity index is 780. The Morgan fingerprint density at radius 2 is 1.71 bits per heavy atom. The topological polar surface area (TPSA) is 17.3 Å². The summed E-state index contributed by atoms with van der Waals surface area (Å²) in [5.74, 6) is 0. The van der Waals surface area contributed by atoms with Crippen LogP contribution in [0.3, 0.4) is 0 Å². The zero-order valence-corrected chi connectivity index (χ0v) is 13.1. The summed E-state index contributed by atoms with van der Waals surface area (Å²) < 4.78 is 2.27. The number of rotatable bonds is 3. The quantitative estimate of drug-likeness (QED) is 0.661. The first-order valence-electron chi connectivity index (χ1n) is 7.13. The van der Waals surface area contributed by atoms with E-state index in [2.05, 4.69) is 48.1 Å². The molecule has 0 aliphatic heterocycles. The molecule has 0 saturated heterocycles. The van der Waals surface area contributed by atoms with Gasteiger partial charge in [-0.1, -0.05) is 48.0 Å². The number of hydrogen-bond acceptors (Lipinski definition) is 2. The van der Waals surface area contributed by atoms with Crippen molar-refractivity contribution < 1.29 is 0 Å². The largest absolute Gasteiger partial charge is 0.317 e. The Kier molecular flexibility index (Phi) is 4.02.